The van der Waals surface area contributed by atoms with Crippen LogP contribution >= 0.6 is 11.6 Å². The number of hydrogen-bond donors (Lipinski definition) is 1. The summed E-state index contributed by atoms with van der Waals surface area (Å²) in [5.41, 5.74) is 3.17. The first-order valence-corrected chi connectivity index (χ1v) is 8.83. The fourth-order valence-electron chi connectivity index (χ4n) is 3.62. The van der Waals surface area contributed by atoms with E-state index in [0.717, 1.165) is 22.2 Å². The van der Waals surface area contributed by atoms with E-state index in [-0.39, 0.29) is 17.8 Å². The van der Waals surface area contributed by atoms with Crippen LogP contribution in [0.4, 0.5) is 0 Å². The third kappa shape index (κ3) is 2.69. The molecule has 2 aromatic heterocycles. The molecule has 136 valence electrons. The molecule has 4 rings (SSSR count). The number of benzene rings is 1. The van der Waals surface area contributed by atoms with Crippen LogP contribution in [0, 0.1) is 11.3 Å². The van der Waals surface area contributed by atoms with Gasteiger partial charge in [-0.15, -0.1) is 0 Å². The molecule has 8 heteroatoms. The van der Waals surface area contributed by atoms with Crippen LogP contribution in [0.15, 0.2) is 24.5 Å². The van der Waals surface area contributed by atoms with Crippen LogP contribution in [-0.2, 0) is 6.42 Å². The summed E-state index contributed by atoms with van der Waals surface area (Å²) in [7, 11) is 1.52. The van der Waals surface area contributed by atoms with Crippen LogP contribution < -0.4 is 4.74 Å². The number of nitrogens with zero attached hydrogens (tertiary/aromatic N) is 4. The van der Waals surface area contributed by atoms with Crippen LogP contribution in [0.1, 0.15) is 40.4 Å². The van der Waals surface area contributed by atoms with Crippen molar-refractivity contribution >= 4 is 28.4 Å². The molecule has 1 amide bonds. The van der Waals surface area contributed by atoms with Crippen LogP contribution in [0.3, 0.4) is 0 Å². The maximum atomic E-state index is 12.9. The second kappa shape index (κ2) is 6.56. The number of amides is 1. The van der Waals surface area contributed by atoms with E-state index in [1.54, 1.807) is 11.0 Å². The van der Waals surface area contributed by atoms with E-state index in [9.17, 15) is 10.1 Å². The number of rotatable bonds is 2. The first kappa shape index (κ1) is 17.3. The third-order valence-corrected chi connectivity index (χ3v) is 5.28. The summed E-state index contributed by atoms with van der Waals surface area (Å²) in [6, 6.07) is 5.58. The van der Waals surface area contributed by atoms with Crippen molar-refractivity contribution in [3.8, 4) is 11.8 Å². The average Bonchev–Trinajstić information content (AvgIpc) is 3.07. The van der Waals surface area contributed by atoms with Crippen molar-refractivity contribution in [2.45, 2.75) is 19.4 Å². The van der Waals surface area contributed by atoms with Crippen molar-refractivity contribution in [1.82, 2.24) is 19.9 Å². The smallest absolute Gasteiger partial charge is 0.292 e. The van der Waals surface area contributed by atoms with Crippen LogP contribution in [0.5, 0.6) is 5.75 Å². The minimum atomic E-state index is -0.236. The Balaban J connectivity index is 1.74. The van der Waals surface area contributed by atoms with Crippen molar-refractivity contribution < 1.29 is 9.53 Å². The van der Waals surface area contributed by atoms with Gasteiger partial charge in [0.2, 0.25) is 5.82 Å². The molecule has 1 atom stereocenters. The molecule has 0 bridgehead atoms. The number of aromatic amines is 1. The molecule has 1 aliphatic heterocycles. The molecule has 1 aliphatic rings. The summed E-state index contributed by atoms with van der Waals surface area (Å²) in [6.07, 6.45) is 3.61. The van der Waals surface area contributed by atoms with E-state index >= 15 is 0 Å². The number of nitriles is 1. The molecule has 0 saturated carbocycles. The second-order valence-corrected chi connectivity index (χ2v) is 6.75. The SMILES string of the molecule is COc1cnc(C(=O)N2CCc3[nH]c4c(C#N)c(Cl)ccc4c3[C@H]2C)nc1. The predicted molar refractivity (Wildman–Crippen MR) is 99.8 cm³/mol. The molecule has 27 heavy (non-hydrogen) atoms. The fraction of sp³-hybridized carbons (Fsp3) is 0.263. The quantitative estimate of drug-likeness (QED) is 0.735. The molecule has 3 heterocycles. The van der Waals surface area contributed by atoms with E-state index in [2.05, 4.69) is 21.0 Å². The summed E-state index contributed by atoms with van der Waals surface area (Å²) in [5, 5.41) is 10.8. The molecular weight excluding hydrogens is 366 g/mol. The number of fused-ring (bicyclic) bond motifs is 3. The molecule has 1 aromatic carbocycles. The first-order valence-electron chi connectivity index (χ1n) is 8.45. The van der Waals surface area contributed by atoms with Gasteiger partial charge in [0.25, 0.3) is 5.91 Å². The van der Waals surface area contributed by atoms with Gasteiger partial charge in [-0.3, -0.25) is 4.79 Å². The van der Waals surface area contributed by atoms with Gasteiger partial charge in [-0.2, -0.15) is 5.26 Å². The summed E-state index contributed by atoms with van der Waals surface area (Å²) in [6.45, 7) is 2.50. The lowest BCUT2D eigenvalue weighted by atomic mass is 9.96. The van der Waals surface area contributed by atoms with Gasteiger partial charge in [0.1, 0.15) is 6.07 Å². The van der Waals surface area contributed by atoms with Gasteiger partial charge >= 0.3 is 0 Å². The maximum absolute atomic E-state index is 12.9. The number of ether oxygens (including phenoxy) is 1. The van der Waals surface area contributed by atoms with E-state index in [4.69, 9.17) is 16.3 Å². The Hall–Kier alpha value is -3.11. The highest BCUT2D eigenvalue weighted by Gasteiger charge is 2.32. The molecule has 0 radical (unpaired) electrons. The van der Waals surface area contributed by atoms with E-state index in [0.29, 0.717) is 29.3 Å². The zero-order chi connectivity index (χ0) is 19.1. The van der Waals surface area contributed by atoms with Crippen molar-refractivity contribution in [1.29, 1.82) is 5.26 Å². The Bertz CT molecular complexity index is 1080. The number of methoxy groups -OCH3 is 1. The molecule has 0 spiro atoms. The van der Waals surface area contributed by atoms with Gasteiger partial charge in [0.05, 0.1) is 41.6 Å². The van der Waals surface area contributed by atoms with E-state index in [1.165, 1.54) is 19.5 Å². The standard InChI is InChI=1S/C19H16ClN5O2/c1-10-16-12-3-4-14(20)13(7-21)17(12)24-15(16)5-6-25(10)19(26)18-22-8-11(27-2)9-23-18/h3-4,8-10,24H,5-6H2,1-2H3/t10-/m1/s1. The topological polar surface area (TPSA) is 94.9 Å². The molecule has 7 nitrogen and oxygen atoms in total. The lowest BCUT2D eigenvalue weighted by molar-refractivity contribution is 0.0665. The minimum Gasteiger partial charge on any atom is -0.494 e. The highest BCUT2D eigenvalue weighted by atomic mass is 35.5. The molecule has 0 saturated heterocycles. The average molecular weight is 382 g/mol. The largest absolute Gasteiger partial charge is 0.494 e. The highest BCUT2D eigenvalue weighted by Crippen LogP contribution is 2.38. The van der Waals surface area contributed by atoms with Gasteiger partial charge in [0.15, 0.2) is 5.75 Å². The number of carbonyl (C=O) groups excluding carboxylic acids is 1. The second-order valence-electron chi connectivity index (χ2n) is 6.34. The number of aromatic nitrogens is 3. The zero-order valence-electron chi connectivity index (χ0n) is 14.8. The molecule has 1 N–H and O–H groups in total. The van der Waals surface area contributed by atoms with E-state index < -0.39 is 0 Å². The first-order chi connectivity index (χ1) is 13.0. The summed E-state index contributed by atoms with van der Waals surface area (Å²) in [5.74, 6) is 0.393. The lowest BCUT2D eigenvalue weighted by Gasteiger charge is -2.33. The van der Waals surface area contributed by atoms with Crippen LogP contribution in [0.2, 0.25) is 5.02 Å². The number of hydrogen-bond acceptors (Lipinski definition) is 5. The Morgan fingerprint density at radius 2 is 2.15 bits per heavy atom. The normalized spacial score (nSPS) is 16.1. The Morgan fingerprint density at radius 3 is 2.81 bits per heavy atom. The summed E-state index contributed by atoms with van der Waals surface area (Å²) < 4.78 is 5.04. The van der Waals surface area contributed by atoms with Crippen molar-refractivity contribution in [2.24, 2.45) is 0 Å². The molecular formula is C19H16ClN5O2. The number of carbonyl (C=O) groups is 1. The molecule has 0 fully saturated rings. The molecule has 0 unspecified atom stereocenters. The lowest BCUT2D eigenvalue weighted by Crippen LogP contribution is -2.39. The Labute approximate surface area is 160 Å². The predicted octanol–water partition coefficient (Wildman–Crippen LogP) is 3.25. The van der Waals surface area contributed by atoms with Gasteiger partial charge in [-0.05, 0) is 13.0 Å². The third-order valence-electron chi connectivity index (χ3n) is 4.96. The Kier molecular flexibility index (Phi) is 4.21. The van der Waals surface area contributed by atoms with Crippen LogP contribution in [0.25, 0.3) is 10.9 Å². The number of H-pyrrole nitrogens is 1. The van der Waals surface area contributed by atoms with Crippen molar-refractivity contribution in [2.75, 3.05) is 13.7 Å². The summed E-state index contributed by atoms with van der Waals surface area (Å²) in [4.78, 5) is 26.2. The van der Waals surface area contributed by atoms with Crippen LogP contribution in [-0.4, -0.2) is 39.4 Å². The van der Waals surface area contributed by atoms with Gasteiger partial charge in [-0.1, -0.05) is 17.7 Å². The molecule has 3 aromatic rings. The van der Waals surface area contributed by atoms with Gasteiger partial charge < -0.3 is 14.6 Å². The Morgan fingerprint density at radius 1 is 1.41 bits per heavy atom. The van der Waals surface area contributed by atoms with Crippen molar-refractivity contribution in [3.63, 3.8) is 0 Å². The minimum absolute atomic E-state index is 0.131. The zero-order valence-corrected chi connectivity index (χ0v) is 15.5. The van der Waals surface area contributed by atoms with E-state index in [1.807, 2.05) is 13.0 Å². The number of nitrogens with one attached hydrogen (secondary N) is 1. The number of halogens is 1. The van der Waals surface area contributed by atoms with Crippen molar-refractivity contribution in [3.05, 3.63) is 52.2 Å². The monoisotopic (exact) mass is 381 g/mol. The van der Waals surface area contributed by atoms with Gasteiger partial charge in [-0.25, -0.2) is 9.97 Å². The van der Waals surface area contributed by atoms with Gasteiger partial charge in [0, 0.05) is 29.6 Å². The fourth-order valence-corrected chi connectivity index (χ4v) is 3.82. The molecule has 0 aliphatic carbocycles. The maximum Gasteiger partial charge on any atom is 0.292 e. The highest BCUT2D eigenvalue weighted by molar-refractivity contribution is 6.32. The summed E-state index contributed by atoms with van der Waals surface area (Å²) >= 11 is 6.15.